The van der Waals surface area contributed by atoms with Crippen LogP contribution in [0.3, 0.4) is 0 Å². The SMILES string of the molecule is COc1ccc(COc2nc(Cl)nc(-c3cnn(C)c3)c2C(C)C)cc1. The summed E-state index contributed by atoms with van der Waals surface area (Å²) in [5.74, 6) is 1.46. The van der Waals surface area contributed by atoms with Gasteiger partial charge in [-0.2, -0.15) is 10.1 Å². The van der Waals surface area contributed by atoms with Crippen LogP contribution in [0.2, 0.25) is 5.28 Å². The lowest BCUT2D eigenvalue weighted by Crippen LogP contribution is -2.06. The highest BCUT2D eigenvalue weighted by Gasteiger charge is 2.20. The Bertz CT molecular complexity index is 891. The van der Waals surface area contributed by atoms with Crippen molar-refractivity contribution in [1.82, 2.24) is 19.7 Å². The van der Waals surface area contributed by atoms with Gasteiger partial charge in [0, 0.05) is 24.4 Å². The second-order valence-corrected chi connectivity index (χ2v) is 6.59. The van der Waals surface area contributed by atoms with Crippen LogP contribution in [-0.4, -0.2) is 26.9 Å². The maximum absolute atomic E-state index is 6.16. The van der Waals surface area contributed by atoms with E-state index in [0.717, 1.165) is 28.1 Å². The van der Waals surface area contributed by atoms with Crippen LogP contribution in [0.5, 0.6) is 11.6 Å². The van der Waals surface area contributed by atoms with Crippen molar-refractivity contribution in [2.75, 3.05) is 7.11 Å². The molecule has 0 spiro atoms. The second-order valence-electron chi connectivity index (χ2n) is 6.25. The van der Waals surface area contributed by atoms with Gasteiger partial charge >= 0.3 is 0 Å². The largest absolute Gasteiger partial charge is 0.497 e. The standard InChI is InChI=1S/C19H21ClN4O2/c1-12(2)16-17(14-9-21-24(3)10-14)22-19(20)23-18(16)26-11-13-5-7-15(25-4)8-6-13/h5-10,12H,11H2,1-4H3. The average Bonchev–Trinajstić information content (AvgIpc) is 3.06. The van der Waals surface area contributed by atoms with Gasteiger partial charge in [0.05, 0.1) is 19.0 Å². The van der Waals surface area contributed by atoms with E-state index in [2.05, 4.69) is 28.9 Å². The molecule has 7 heteroatoms. The summed E-state index contributed by atoms with van der Waals surface area (Å²) in [5.41, 5.74) is 3.56. The Morgan fingerprint density at radius 3 is 2.46 bits per heavy atom. The van der Waals surface area contributed by atoms with Crippen molar-refractivity contribution in [3.05, 3.63) is 53.1 Å². The van der Waals surface area contributed by atoms with Gasteiger partial charge in [0.1, 0.15) is 12.4 Å². The zero-order chi connectivity index (χ0) is 18.7. The first kappa shape index (κ1) is 18.2. The van der Waals surface area contributed by atoms with Crippen LogP contribution in [0.15, 0.2) is 36.7 Å². The summed E-state index contributed by atoms with van der Waals surface area (Å²) < 4.78 is 12.9. The Labute approximate surface area is 157 Å². The molecule has 0 unspecified atom stereocenters. The van der Waals surface area contributed by atoms with Crippen molar-refractivity contribution in [1.29, 1.82) is 0 Å². The number of aryl methyl sites for hydroxylation is 1. The summed E-state index contributed by atoms with van der Waals surface area (Å²) >= 11 is 6.16. The molecule has 0 aliphatic carbocycles. The highest BCUT2D eigenvalue weighted by molar-refractivity contribution is 6.28. The minimum atomic E-state index is 0.151. The van der Waals surface area contributed by atoms with Crippen molar-refractivity contribution in [3.63, 3.8) is 0 Å². The Morgan fingerprint density at radius 2 is 1.88 bits per heavy atom. The first-order valence-corrected chi connectivity index (χ1v) is 8.68. The van der Waals surface area contributed by atoms with E-state index in [1.54, 1.807) is 18.0 Å². The predicted molar refractivity (Wildman–Crippen MR) is 101 cm³/mol. The predicted octanol–water partition coefficient (Wildman–Crippen LogP) is 4.24. The number of nitrogens with zero attached hydrogens (tertiary/aromatic N) is 4. The van der Waals surface area contributed by atoms with E-state index >= 15 is 0 Å². The molecule has 0 N–H and O–H groups in total. The molecule has 0 aliphatic heterocycles. The van der Waals surface area contributed by atoms with Crippen molar-refractivity contribution in [2.45, 2.75) is 26.4 Å². The fourth-order valence-corrected chi connectivity index (χ4v) is 2.85. The van der Waals surface area contributed by atoms with Crippen LogP contribution in [0, 0.1) is 0 Å². The number of methoxy groups -OCH3 is 1. The fourth-order valence-electron chi connectivity index (χ4n) is 2.69. The summed E-state index contributed by atoms with van der Waals surface area (Å²) in [6.07, 6.45) is 3.66. The van der Waals surface area contributed by atoms with Gasteiger partial charge in [0.2, 0.25) is 11.2 Å². The van der Waals surface area contributed by atoms with Crippen LogP contribution in [-0.2, 0) is 13.7 Å². The quantitative estimate of drug-likeness (QED) is 0.605. The van der Waals surface area contributed by atoms with Gasteiger partial charge in [0.15, 0.2) is 0 Å². The van der Waals surface area contributed by atoms with Crippen LogP contribution in [0.25, 0.3) is 11.3 Å². The topological polar surface area (TPSA) is 62.1 Å². The second kappa shape index (κ2) is 7.74. The summed E-state index contributed by atoms with van der Waals surface area (Å²) in [5, 5.41) is 4.37. The van der Waals surface area contributed by atoms with Gasteiger partial charge < -0.3 is 9.47 Å². The molecule has 2 heterocycles. The molecule has 3 aromatic rings. The summed E-state index contributed by atoms with van der Waals surface area (Å²) in [6, 6.07) is 7.71. The van der Waals surface area contributed by atoms with E-state index < -0.39 is 0 Å². The van der Waals surface area contributed by atoms with E-state index in [-0.39, 0.29) is 11.2 Å². The number of hydrogen-bond acceptors (Lipinski definition) is 5. The maximum atomic E-state index is 6.16. The molecule has 0 bridgehead atoms. The molecule has 26 heavy (non-hydrogen) atoms. The molecular formula is C19H21ClN4O2. The molecule has 0 saturated carbocycles. The maximum Gasteiger partial charge on any atom is 0.226 e. The monoisotopic (exact) mass is 372 g/mol. The van der Waals surface area contributed by atoms with Crippen molar-refractivity contribution in [3.8, 4) is 22.9 Å². The number of ether oxygens (including phenoxy) is 2. The third kappa shape index (κ3) is 3.96. The van der Waals surface area contributed by atoms with Crippen LogP contribution < -0.4 is 9.47 Å². The van der Waals surface area contributed by atoms with Gasteiger partial charge in [0.25, 0.3) is 0 Å². The summed E-state index contributed by atoms with van der Waals surface area (Å²) in [6.45, 7) is 4.53. The lowest BCUT2D eigenvalue weighted by molar-refractivity contribution is 0.288. The third-order valence-electron chi connectivity index (χ3n) is 3.97. The molecule has 0 radical (unpaired) electrons. The molecule has 2 aromatic heterocycles. The van der Waals surface area contributed by atoms with E-state index in [9.17, 15) is 0 Å². The van der Waals surface area contributed by atoms with Crippen LogP contribution >= 0.6 is 11.6 Å². The smallest absolute Gasteiger partial charge is 0.226 e. The van der Waals surface area contributed by atoms with Gasteiger partial charge in [-0.05, 0) is 35.2 Å². The lowest BCUT2D eigenvalue weighted by atomic mass is 9.99. The molecule has 0 atom stereocenters. The number of rotatable bonds is 6. The molecule has 136 valence electrons. The number of halogens is 1. The minimum absolute atomic E-state index is 0.151. The van der Waals surface area contributed by atoms with E-state index in [0.29, 0.717) is 12.5 Å². The Balaban J connectivity index is 1.93. The number of benzene rings is 1. The average molecular weight is 373 g/mol. The Morgan fingerprint density at radius 1 is 1.15 bits per heavy atom. The highest BCUT2D eigenvalue weighted by Crippen LogP contribution is 2.35. The first-order valence-electron chi connectivity index (χ1n) is 8.30. The molecule has 6 nitrogen and oxygen atoms in total. The summed E-state index contributed by atoms with van der Waals surface area (Å²) in [4.78, 5) is 8.74. The molecule has 0 saturated heterocycles. The van der Waals surface area contributed by atoms with Gasteiger partial charge in [-0.15, -0.1) is 0 Å². The summed E-state index contributed by atoms with van der Waals surface area (Å²) in [7, 11) is 3.51. The van der Waals surface area contributed by atoms with Crippen LogP contribution in [0.4, 0.5) is 0 Å². The Kier molecular flexibility index (Phi) is 5.42. The van der Waals surface area contributed by atoms with E-state index in [4.69, 9.17) is 21.1 Å². The van der Waals surface area contributed by atoms with Gasteiger partial charge in [-0.1, -0.05) is 26.0 Å². The number of aromatic nitrogens is 4. The third-order valence-corrected chi connectivity index (χ3v) is 4.14. The minimum Gasteiger partial charge on any atom is -0.497 e. The fraction of sp³-hybridized carbons (Fsp3) is 0.316. The Hall–Kier alpha value is -2.60. The van der Waals surface area contributed by atoms with Crippen molar-refractivity contribution < 1.29 is 9.47 Å². The highest BCUT2D eigenvalue weighted by atomic mass is 35.5. The van der Waals surface area contributed by atoms with Crippen molar-refractivity contribution >= 4 is 11.6 Å². The zero-order valence-corrected chi connectivity index (χ0v) is 16.0. The lowest BCUT2D eigenvalue weighted by Gasteiger charge is -2.16. The van der Waals surface area contributed by atoms with E-state index in [1.807, 2.05) is 37.5 Å². The van der Waals surface area contributed by atoms with Gasteiger partial charge in [-0.3, -0.25) is 4.68 Å². The normalized spacial score (nSPS) is 11.0. The molecular weight excluding hydrogens is 352 g/mol. The number of hydrogen-bond donors (Lipinski definition) is 0. The zero-order valence-electron chi connectivity index (χ0n) is 15.2. The van der Waals surface area contributed by atoms with Crippen molar-refractivity contribution in [2.24, 2.45) is 7.05 Å². The van der Waals surface area contributed by atoms with Gasteiger partial charge in [-0.25, -0.2) is 4.98 Å². The first-order chi connectivity index (χ1) is 12.5. The molecule has 0 fully saturated rings. The molecule has 0 amide bonds. The molecule has 3 rings (SSSR count). The molecule has 0 aliphatic rings. The van der Waals surface area contributed by atoms with Crippen LogP contribution in [0.1, 0.15) is 30.9 Å². The molecule has 1 aromatic carbocycles. The van der Waals surface area contributed by atoms with E-state index in [1.165, 1.54) is 0 Å².